The van der Waals surface area contributed by atoms with Crippen LogP contribution in [0.15, 0.2) is 48.5 Å². The maximum Gasteiger partial charge on any atom is 0.169 e. The molecule has 0 aromatic heterocycles. The molecule has 1 unspecified atom stereocenters. The van der Waals surface area contributed by atoms with Crippen molar-refractivity contribution >= 4 is 5.78 Å². The molecule has 0 saturated carbocycles. The molecule has 120 valence electrons. The summed E-state index contributed by atoms with van der Waals surface area (Å²) in [5, 5.41) is 0. The third-order valence-electron chi connectivity index (χ3n) is 4.51. The number of methoxy groups -OCH3 is 1. The highest BCUT2D eigenvalue weighted by atomic mass is 16.5. The van der Waals surface area contributed by atoms with Crippen molar-refractivity contribution in [1.29, 1.82) is 0 Å². The van der Waals surface area contributed by atoms with Gasteiger partial charge in [0.1, 0.15) is 11.5 Å². The van der Waals surface area contributed by atoms with Gasteiger partial charge in [0.15, 0.2) is 5.78 Å². The summed E-state index contributed by atoms with van der Waals surface area (Å²) >= 11 is 0. The van der Waals surface area contributed by atoms with Crippen molar-refractivity contribution in [1.82, 2.24) is 0 Å². The highest BCUT2D eigenvalue weighted by Crippen LogP contribution is 2.41. The van der Waals surface area contributed by atoms with Gasteiger partial charge in [0, 0.05) is 24.7 Å². The van der Waals surface area contributed by atoms with Crippen molar-refractivity contribution in [2.24, 2.45) is 5.41 Å². The first-order valence-corrected chi connectivity index (χ1v) is 8.02. The number of ketones is 1. The smallest absolute Gasteiger partial charge is 0.169 e. The molecule has 0 N–H and O–H groups in total. The fourth-order valence-electron chi connectivity index (χ4n) is 3.24. The molecule has 0 saturated heterocycles. The van der Waals surface area contributed by atoms with Crippen LogP contribution in [-0.2, 0) is 11.2 Å². The van der Waals surface area contributed by atoms with Gasteiger partial charge in [-0.1, -0.05) is 31.2 Å². The number of Topliss-reactive ketones (excluding diaryl/α,β-unsaturated/α-hetero) is 1. The number of rotatable bonds is 6. The van der Waals surface area contributed by atoms with Crippen molar-refractivity contribution in [2.45, 2.75) is 26.2 Å². The Morgan fingerprint density at radius 3 is 2.61 bits per heavy atom. The molecular formula is C20H22O3. The monoisotopic (exact) mass is 310 g/mol. The summed E-state index contributed by atoms with van der Waals surface area (Å²) in [6.07, 6.45) is 2.56. The van der Waals surface area contributed by atoms with E-state index in [1.165, 1.54) is 0 Å². The van der Waals surface area contributed by atoms with Gasteiger partial charge in [-0.05, 0) is 49.1 Å². The van der Waals surface area contributed by atoms with E-state index in [4.69, 9.17) is 9.47 Å². The van der Waals surface area contributed by atoms with Crippen molar-refractivity contribution < 1.29 is 14.3 Å². The molecule has 1 aliphatic rings. The highest BCUT2D eigenvalue weighted by molar-refractivity contribution is 6.05. The number of para-hydroxylation sites is 1. The fourth-order valence-corrected chi connectivity index (χ4v) is 3.24. The molecule has 3 rings (SSSR count). The van der Waals surface area contributed by atoms with Crippen LogP contribution in [0, 0.1) is 5.41 Å². The lowest BCUT2D eigenvalue weighted by molar-refractivity contribution is 0.0810. The SMILES string of the molecule is COCCCC1(C)Cc2ccc(Oc3ccccc3)cc2C1=O. The van der Waals surface area contributed by atoms with E-state index in [2.05, 4.69) is 6.92 Å². The van der Waals surface area contributed by atoms with Crippen LogP contribution >= 0.6 is 0 Å². The first-order chi connectivity index (χ1) is 11.1. The third kappa shape index (κ3) is 3.30. The second kappa shape index (κ2) is 6.55. The number of hydrogen-bond acceptors (Lipinski definition) is 3. The zero-order valence-electron chi connectivity index (χ0n) is 13.7. The summed E-state index contributed by atoms with van der Waals surface area (Å²) in [6, 6.07) is 15.5. The zero-order valence-corrected chi connectivity index (χ0v) is 13.7. The Kier molecular flexibility index (Phi) is 4.49. The number of ether oxygens (including phenoxy) is 2. The molecule has 2 aromatic rings. The Morgan fingerprint density at radius 1 is 1.09 bits per heavy atom. The minimum atomic E-state index is -0.313. The summed E-state index contributed by atoms with van der Waals surface area (Å²) in [6.45, 7) is 2.75. The van der Waals surface area contributed by atoms with Crippen molar-refractivity contribution in [3.8, 4) is 11.5 Å². The Balaban J connectivity index is 1.78. The van der Waals surface area contributed by atoms with E-state index in [1.807, 2.05) is 48.5 Å². The van der Waals surface area contributed by atoms with Gasteiger partial charge in [-0.15, -0.1) is 0 Å². The van der Waals surface area contributed by atoms with E-state index < -0.39 is 0 Å². The van der Waals surface area contributed by atoms with Crippen LogP contribution in [0.2, 0.25) is 0 Å². The van der Waals surface area contributed by atoms with Crippen molar-refractivity contribution in [3.05, 3.63) is 59.7 Å². The van der Waals surface area contributed by atoms with Gasteiger partial charge < -0.3 is 9.47 Å². The molecule has 0 spiro atoms. The van der Waals surface area contributed by atoms with Crippen LogP contribution in [0.3, 0.4) is 0 Å². The van der Waals surface area contributed by atoms with Gasteiger partial charge in [-0.3, -0.25) is 4.79 Å². The van der Waals surface area contributed by atoms with Crippen LogP contribution in [0.4, 0.5) is 0 Å². The molecule has 3 nitrogen and oxygen atoms in total. The Bertz CT molecular complexity index is 693. The van der Waals surface area contributed by atoms with Gasteiger partial charge in [-0.25, -0.2) is 0 Å². The maximum atomic E-state index is 12.8. The second-order valence-electron chi connectivity index (χ2n) is 6.40. The molecular weight excluding hydrogens is 288 g/mol. The minimum Gasteiger partial charge on any atom is -0.457 e. The van der Waals surface area contributed by atoms with Gasteiger partial charge >= 0.3 is 0 Å². The molecule has 0 bridgehead atoms. The standard InChI is InChI=1S/C20H22O3/c1-20(11-6-12-22-2)14-15-9-10-17(13-18(15)19(20)21)23-16-7-4-3-5-8-16/h3-5,7-10,13H,6,11-12,14H2,1-2H3. The van der Waals surface area contributed by atoms with E-state index in [1.54, 1.807) is 7.11 Å². The summed E-state index contributed by atoms with van der Waals surface area (Å²) < 4.78 is 11.0. The van der Waals surface area contributed by atoms with E-state index in [0.717, 1.165) is 36.1 Å². The number of carbonyl (C=O) groups is 1. The number of benzene rings is 2. The summed E-state index contributed by atoms with van der Waals surface area (Å²) in [5.74, 6) is 1.72. The molecule has 2 aromatic carbocycles. The Morgan fingerprint density at radius 2 is 1.87 bits per heavy atom. The van der Waals surface area contributed by atoms with E-state index >= 15 is 0 Å². The number of hydrogen-bond donors (Lipinski definition) is 0. The lowest BCUT2D eigenvalue weighted by atomic mass is 9.81. The Hall–Kier alpha value is -2.13. The highest BCUT2D eigenvalue weighted by Gasteiger charge is 2.41. The zero-order chi connectivity index (χ0) is 16.3. The van der Waals surface area contributed by atoms with Crippen LogP contribution in [0.25, 0.3) is 0 Å². The van der Waals surface area contributed by atoms with Gasteiger partial charge in [-0.2, -0.15) is 0 Å². The molecule has 0 radical (unpaired) electrons. The summed E-state index contributed by atoms with van der Waals surface area (Å²) in [5.41, 5.74) is 1.61. The van der Waals surface area contributed by atoms with Crippen molar-refractivity contribution in [3.63, 3.8) is 0 Å². The molecule has 1 atom stereocenters. The van der Waals surface area contributed by atoms with Gasteiger partial charge in [0.05, 0.1) is 0 Å². The van der Waals surface area contributed by atoms with Gasteiger partial charge in [0.2, 0.25) is 0 Å². The molecule has 3 heteroatoms. The Labute approximate surface area is 137 Å². The van der Waals surface area contributed by atoms with Crippen LogP contribution in [-0.4, -0.2) is 19.5 Å². The lowest BCUT2D eigenvalue weighted by Crippen LogP contribution is -2.24. The van der Waals surface area contributed by atoms with Crippen LogP contribution < -0.4 is 4.74 Å². The normalized spacial score (nSPS) is 19.7. The first-order valence-electron chi connectivity index (χ1n) is 8.02. The predicted molar refractivity (Wildman–Crippen MR) is 90.2 cm³/mol. The third-order valence-corrected chi connectivity index (χ3v) is 4.51. The van der Waals surface area contributed by atoms with Gasteiger partial charge in [0.25, 0.3) is 0 Å². The van der Waals surface area contributed by atoms with E-state index in [9.17, 15) is 4.79 Å². The second-order valence-corrected chi connectivity index (χ2v) is 6.40. The summed E-state index contributed by atoms with van der Waals surface area (Å²) in [4.78, 5) is 12.8. The van der Waals surface area contributed by atoms with E-state index in [-0.39, 0.29) is 11.2 Å². The molecule has 23 heavy (non-hydrogen) atoms. The number of fused-ring (bicyclic) bond motifs is 1. The first kappa shape index (κ1) is 15.8. The molecule has 0 fully saturated rings. The molecule has 1 aliphatic carbocycles. The summed E-state index contributed by atoms with van der Waals surface area (Å²) in [7, 11) is 1.70. The number of carbonyl (C=O) groups excluding carboxylic acids is 1. The largest absolute Gasteiger partial charge is 0.457 e. The topological polar surface area (TPSA) is 35.5 Å². The maximum absolute atomic E-state index is 12.8. The minimum absolute atomic E-state index is 0.224. The fraction of sp³-hybridized carbons (Fsp3) is 0.350. The van der Waals surface area contributed by atoms with E-state index in [0.29, 0.717) is 12.4 Å². The lowest BCUT2D eigenvalue weighted by Gasteiger charge is -2.21. The van der Waals surface area contributed by atoms with Crippen molar-refractivity contribution in [2.75, 3.05) is 13.7 Å². The molecule has 0 heterocycles. The average molecular weight is 310 g/mol. The van der Waals surface area contributed by atoms with Crippen LogP contribution in [0.5, 0.6) is 11.5 Å². The average Bonchev–Trinajstić information content (AvgIpc) is 2.80. The molecule has 0 aliphatic heterocycles. The predicted octanol–water partition coefficient (Wildman–Crippen LogP) is 4.65. The molecule has 0 amide bonds. The van der Waals surface area contributed by atoms with Crippen LogP contribution in [0.1, 0.15) is 35.7 Å². The quantitative estimate of drug-likeness (QED) is 0.729.